The van der Waals surface area contributed by atoms with Crippen molar-refractivity contribution in [3.05, 3.63) is 84.1 Å². The molecule has 0 aromatic rings. The van der Waals surface area contributed by atoms with Gasteiger partial charge < -0.3 is 15.5 Å². The number of hydrogen-bond acceptors (Lipinski definition) is 3. The Morgan fingerprint density at radius 3 is 2.35 bits per heavy atom. The fraction of sp³-hybridized carbons (Fsp3) is 0.318. The number of rotatable bonds is 0. The van der Waals surface area contributed by atoms with E-state index in [-0.39, 0.29) is 11.9 Å². The molecular weight excluding hydrogens is 326 g/mol. The molecule has 0 saturated heterocycles. The van der Waals surface area contributed by atoms with E-state index in [2.05, 4.69) is 5.32 Å². The summed E-state index contributed by atoms with van der Waals surface area (Å²) < 4.78 is 0. The lowest BCUT2D eigenvalue weighted by Gasteiger charge is -2.10. The first-order valence-electron chi connectivity index (χ1n) is 8.76. The molecule has 1 heterocycles. The molecule has 3 N–H and O–H groups in total. The van der Waals surface area contributed by atoms with Crippen LogP contribution in [0.3, 0.4) is 0 Å². The summed E-state index contributed by atoms with van der Waals surface area (Å²) in [5.74, 6) is -0.151. The maximum Gasteiger partial charge on any atom is 0.244 e. The molecule has 4 nitrogen and oxygen atoms in total. The quantitative estimate of drug-likeness (QED) is 0.624. The van der Waals surface area contributed by atoms with Crippen LogP contribution in [0.25, 0.3) is 0 Å². The second-order valence-electron chi connectivity index (χ2n) is 6.34. The Bertz CT molecular complexity index is 663. The second kappa shape index (κ2) is 12.0. The van der Waals surface area contributed by atoms with Crippen LogP contribution in [-0.2, 0) is 4.79 Å². The summed E-state index contributed by atoms with van der Waals surface area (Å²) in [6, 6.07) is 0.0448. The van der Waals surface area contributed by atoms with Crippen molar-refractivity contribution >= 4 is 5.91 Å². The molecule has 140 valence electrons. The summed E-state index contributed by atoms with van der Waals surface area (Å²) in [6.07, 6.45) is 19.9. The molecule has 4 heteroatoms. The molecule has 0 fully saturated rings. The van der Waals surface area contributed by atoms with Crippen molar-refractivity contribution in [1.29, 1.82) is 0 Å². The summed E-state index contributed by atoms with van der Waals surface area (Å²) in [5, 5.41) is 22.8. The van der Waals surface area contributed by atoms with E-state index in [1.807, 2.05) is 51.2 Å². The molecule has 0 aromatic heterocycles. The van der Waals surface area contributed by atoms with E-state index >= 15 is 0 Å². The van der Waals surface area contributed by atoms with Gasteiger partial charge in [-0.1, -0.05) is 78.0 Å². The number of nitrogens with one attached hydrogen (secondary N) is 1. The fourth-order valence-corrected chi connectivity index (χ4v) is 2.18. The van der Waals surface area contributed by atoms with Gasteiger partial charge in [-0.15, -0.1) is 0 Å². The number of carbonyl (C=O) groups excluding carboxylic acids is 1. The summed E-state index contributed by atoms with van der Waals surface area (Å²) in [7, 11) is 0. The van der Waals surface area contributed by atoms with Crippen LogP contribution in [0.4, 0.5) is 0 Å². The fourth-order valence-electron chi connectivity index (χ4n) is 2.18. The summed E-state index contributed by atoms with van der Waals surface area (Å²) in [5.41, 5.74) is 1.84. The minimum atomic E-state index is -0.998. The van der Waals surface area contributed by atoms with Crippen molar-refractivity contribution < 1.29 is 15.0 Å². The first-order valence-corrected chi connectivity index (χ1v) is 8.76. The van der Waals surface area contributed by atoms with E-state index in [1.165, 1.54) is 6.08 Å². The topological polar surface area (TPSA) is 69.6 Å². The van der Waals surface area contributed by atoms with Gasteiger partial charge in [-0.3, -0.25) is 4.79 Å². The lowest BCUT2D eigenvalue weighted by molar-refractivity contribution is -0.117. The smallest absolute Gasteiger partial charge is 0.244 e. The van der Waals surface area contributed by atoms with E-state index in [4.69, 9.17) is 0 Å². The van der Waals surface area contributed by atoms with Gasteiger partial charge in [0.2, 0.25) is 5.91 Å². The Hall–Kier alpha value is -2.43. The first kappa shape index (κ1) is 21.6. The highest BCUT2D eigenvalue weighted by atomic mass is 16.3. The zero-order valence-corrected chi connectivity index (χ0v) is 15.7. The molecule has 0 spiro atoms. The number of carbonyl (C=O) groups is 1. The minimum Gasteiger partial charge on any atom is -0.386 e. The second-order valence-corrected chi connectivity index (χ2v) is 6.34. The van der Waals surface area contributed by atoms with Crippen molar-refractivity contribution in [2.24, 2.45) is 0 Å². The Kier molecular flexibility index (Phi) is 9.98. The van der Waals surface area contributed by atoms with Crippen LogP contribution in [0.1, 0.15) is 27.2 Å². The Morgan fingerprint density at radius 2 is 1.58 bits per heavy atom. The highest BCUT2D eigenvalue weighted by Gasteiger charge is 2.09. The molecule has 0 unspecified atom stereocenters. The van der Waals surface area contributed by atoms with Crippen LogP contribution < -0.4 is 5.32 Å². The largest absolute Gasteiger partial charge is 0.386 e. The van der Waals surface area contributed by atoms with Crippen LogP contribution in [-0.4, -0.2) is 34.4 Å². The summed E-state index contributed by atoms with van der Waals surface area (Å²) in [6.45, 7) is 5.75. The van der Waals surface area contributed by atoms with Gasteiger partial charge in [-0.2, -0.15) is 0 Å². The molecule has 1 aliphatic rings. The summed E-state index contributed by atoms with van der Waals surface area (Å²) >= 11 is 0. The zero-order valence-electron chi connectivity index (χ0n) is 15.7. The first-order chi connectivity index (χ1) is 12.4. The van der Waals surface area contributed by atoms with Crippen molar-refractivity contribution in [1.82, 2.24) is 5.32 Å². The molecule has 1 rings (SSSR count). The lowest BCUT2D eigenvalue weighted by Crippen LogP contribution is -2.30. The van der Waals surface area contributed by atoms with Crippen molar-refractivity contribution in [3.63, 3.8) is 0 Å². The van der Waals surface area contributed by atoms with Crippen molar-refractivity contribution in [2.75, 3.05) is 0 Å². The molecule has 0 bridgehead atoms. The molecule has 0 radical (unpaired) electrons. The van der Waals surface area contributed by atoms with E-state index < -0.39 is 12.2 Å². The van der Waals surface area contributed by atoms with Gasteiger partial charge in [0.15, 0.2) is 0 Å². The highest BCUT2D eigenvalue weighted by Crippen LogP contribution is 2.05. The normalized spacial score (nSPS) is 36.3. The number of allylic oxidation sites excluding steroid dienone is 10. The van der Waals surface area contributed by atoms with Gasteiger partial charge in [0.05, 0.1) is 0 Å². The average Bonchev–Trinajstić information content (AvgIpc) is 2.58. The van der Waals surface area contributed by atoms with Crippen molar-refractivity contribution in [3.8, 4) is 0 Å². The van der Waals surface area contributed by atoms with Crippen molar-refractivity contribution in [2.45, 2.75) is 45.4 Å². The molecule has 0 aromatic carbocycles. The number of aliphatic hydroxyl groups excluding tert-OH is 2. The van der Waals surface area contributed by atoms with Gasteiger partial charge in [0, 0.05) is 12.1 Å². The monoisotopic (exact) mass is 355 g/mol. The standard InChI is InChI=1S/C22H29NO3/c1-17-10-4-7-13-19(3)23-22(26)15-9-6-12-18(2)16-21(25)20(24)14-8-5-11-17/h4-12,14-16,19-21,24-25H,13H2,1-3H3,(H,23,26)/b7-4+,11-5+,12-6+,14-8-,15-9+,17-10+,18-16+/t19-,20+,21-/m1/s1. The molecule has 3 atom stereocenters. The summed E-state index contributed by atoms with van der Waals surface area (Å²) in [4.78, 5) is 11.8. The minimum absolute atomic E-state index is 0.0448. The van der Waals surface area contributed by atoms with Gasteiger partial charge in [0.25, 0.3) is 0 Å². The predicted octanol–water partition coefficient (Wildman–Crippen LogP) is 3.29. The van der Waals surface area contributed by atoms with Gasteiger partial charge in [-0.25, -0.2) is 0 Å². The van der Waals surface area contributed by atoms with E-state index in [1.54, 1.807) is 36.5 Å². The molecule has 0 saturated carbocycles. The van der Waals surface area contributed by atoms with Crippen LogP contribution in [0.2, 0.25) is 0 Å². The Morgan fingerprint density at radius 1 is 0.923 bits per heavy atom. The third kappa shape index (κ3) is 9.77. The van der Waals surface area contributed by atoms with Gasteiger partial charge in [0.1, 0.15) is 12.2 Å². The van der Waals surface area contributed by atoms with E-state index in [9.17, 15) is 15.0 Å². The van der Waals surface area contributed by atoms with E-state index in [0.717, 1.165) is 17.6 Å². The highest BCUT2D eigenvalue weighted by molar-refractivity contribution is 5.87. The molecular formula is C22H29NO3. The third-order valence-electron chi connectivity index (χ3n) is 3.65. The number of hydrogen-bond donors (Lipinski definition) is 3. The lowest BCUT2D eigenvalue weighted by atomic mass is 10.1. The molecule has 0 aliphatic carbocycles. The van der Waals surface area contributed by atoms with Gasteiger partial charge in [-0.05, 0) is 27.2 Å². The maximum atomic E-state index is 11.8. The number of amides is 1. The van der Waals surface area contributed by atoms with Crippen LogP contribution in [0.5, 0.6) is 0 Å². The SMILES string of the molecule is CC1=C\C=C\C[C@@H](C)NC(=O)/C=C/C=C/C(C)=C/[C@@H](O)[C@@H](O)/C=C\C=C\1. The molecule has 1 aliphatic heterocycles. The van der Waals surface area contributed by atoms with Gasteiger partial charge >= 0.3 is 0 Å². The van der Waals surface area contributed by atoms with E-state index in [0.29, 0.717) is 0 Å². The Balaban J connectivity index is 2.96. The number of aliphatic hydroxyl groups is 2. The maximum absolute atomic E-state index is 11.8. The van der Waals surface area contributed by atoms with Crippen LogP contribution >= 0.6 is 0 Å². The molecule has 1 amide bonds. The predicted molar refractivity (Wildman–Crippen MR) is 107 cm³/mol. The zero-order chi connectivity index (χ0) is 19.4. The average molecular weight is 355 g/mol. The van der Waals surface area contributed by atoms with Crippen LogP contribution in [0, 0.1) is 0 Å². The van der Waals surface area contributed by atoms with Crippen LogP contribution in [0.15, 0.2) is 84.1 Å². The molecule has 26 heavy (non-hydrogen) atoms. The Labute approximate surface area is 156 Å². The third-order valence-corrected chi connectivity index (χ3v) is 3.65.